The minimum atomic E-state index is -0.908. The van der Waals surface area contributed by atoms with Gasteiger partial charge in [0, 0.05) is 11.1 Å². The average Bonchev–Trinajstić information content (AvgIpc) is 2.53. The van der Waals surface area contributed by atoms with E-state index in [0.29, 0.717) is 16.9 Å². The maximum atomic E-state index is 11.8. The van der Waals surface area contributed by atoms with Gasteiger partial charge in [0.2, 0.25) is 0 Å². The zero-order valence-electron chi connectivity index (χ0n) is 13.7. The molecule has 0 heterocycles. The average molecular weight is 337 g/mol. The van der Waals surface area contributed by atoms with Crippen LogP contribution in [0, 0.1) is 0 Å². The number of rotatable bonds is 7. The second kappa shape index (κ2) is 9.29. The predicted octanol–water partition coefficient (Wildman–Crippen LogP) is 1.26. The third-order valence-electron chi connectivity index (χ3n) is 2.90. The molecule has 8 heteroatoms. The maximum absolute atomic E-state index is 11.8. The Balaban J connectivity index is 2.61. The summed E-state index contributed by atoms with van der Waals surface area (Å²) in [6.45, 7) is 2.49. The number of carbonyl (C=O) groups is 4. The van der Waals surface area contributed by atoms with Crippen LogP contribution in [0.25, 0.3) is 0 Å². The number of ketones is 1. The summed E-state index contributed by atoms with van der Waals surface area (Å²) in [5, 5.41) is 1.90. The van der Waals surface area contributed by atoms with E-state index >= 15 is 0 Å². The Hall–Kier alpha value is -2.90. The van der Waals surface area contributed by atoms with Gasteiger partial charge in [-0.05, 0) is 32.0 Å². The molecule has 0 fully saturated rings. The summed E-state index contributed by atoms with van der Waals surface area (Å²) in [6.07, 6.45) is -1.09. The van der Waals surface area contributed by atoms with Gasteiger partial charge in [-0.2, -0.15) is 0 Å². The highest BCUT2D eigenvalue weighted by Gasteiger charge is 2.15. The number of ether oxygens (including phenoxy) is 3. The fourth-order valence-corrected chi connectivity index (χ4v) is 1.81. The summed E-state index contributed by atoms with van der Waals surface area (Å²) in [5.74, 6) is -1.23. The second-order valence-corrected chi connectivity index (χ2v) is 4.69. The number of imide groups is 1. The second-order valence-electron chi connectivity index (χ2n) is 4.69. The molecule has 130 valence electrons. The fraction of sp³-hybridized carbons (Fsp3) is 0.375. The first-order valence-electron chi connectivity index (χ1n) is 7.17. The molecule has 0 spiro atoms. The van der Waals surface area contributed by atoms with Crippen LogP contribution in [-0.4, -0.2) is 44.1 Å². The molecular formula is C16H19NO7. The molecule has 0 saturated carbocycles. The van der Waals surface area contributed by atoms with Gasteiger partial charge in [0.25, 0.3) is 5.91 Å². The third kappa shape index (κ3) is 6.07. The molecule has 0 aliphatic rings. The van der Waals surface area contributed by atoms with E-state index in [2.05, 4.69) is 4.74 Å². The van der Waals surface area contributed by atoms with Gasteiger partial charge in [0.1, 0.15) is 5.75 Å². The normalized spacial score (nSPS) is 9.79. The molecule has 0 radical (unpaired) electrons. The minimum absolute atomic E-state index is 0.116. The molecule has 1 N–H and O–H groups in total. The van der Waals surface area contributed by atoms with Gasteiger partial charge < -0.3 is 14.2 Å². The quantitative estimate of drug-likeness (QED) is 0.589. The summed E-state index contributed by atoms with van der Waals surface area (Å²) in [4.78, 5) is 45.6. The van der Waals surface area contributed by atoms with Gasteiger partial charge >= 0.3 is 12.1 Å². The van der Waals surface area contributed by atoms with E-state index < -0.39 is 24.6 Å². The number of amides is 2. The van der Waals surface area contributed by atoms with Crippen molar-refractivity contribution in [3.63, 3.8) is 0 Å². The van der Waals surface area contributed by atoms with Crippen molar-refractivity contribution >= 4 is 23.8 Å². The Bertz CT molecular complexity index is 639. The summed E-state index contributed by atoms with van der Waals surface area (Å²) >= 11 is 0. The molecule has 0 aliphatic carbocycles. The lowest BCUT2D eigenvalue weighted by atomic mass is 10.0. The lowest BCUT2D eigenvalue weighted by Gasteiger charge is -2.10. The van der Waals surface area contributed by atoms with Gasteiger partial charge in [-0.3, -0.25) is 19.7 Å². The Morgan fingerprint density at radius 3 is 2.42 bits per heavy atom. The van der Waals surface area contributed by atoms with Crippen LogP contribution < -0.4 is 10.1 Å². The molecule has 1 aromatic rings. The van der Waals surface area contributed by atoms with Crippen LogP contribution in [0.4, 0.5) is 4.79 Å². The van der Waals surface area contributed by atoms with E-state index in [-0.39, 0.29) is 18.8 Å². The highest BCUT2D eigenvalue weighted by atomic mass is 16.6. The number of alkyl carbamates (subject to hydrolysis) is 1. The zero-order chi connectivity index (χ0) is 18.1. The molecule has 8 nitrogen and oxygen atoms in total. The van der Waals surface area contributed by atoms with Crippen molar-refractivity contribution in [2.24, 2.45) is 0 Å². The van der Waals surface area contributed by atoms with E-state index in [1.165, 1.54) is 20.1 Å². The standard InChI is InChI=1S/C16H19NO7/c1-4-23-16(21)17-14(19)9-24-15(20)8-12-7-11(10(2)18)5-6-13(12)22-3/h5-7H,4,8-9H2,1-3H3,(H,17,19,21). The molecule has 0 bridgehead atoms. The number of esters is 1. The first-order valence-corrected chi connectivity index (χ1v) is 7.17. The minimum Gasteiger partial charge on any atom is -0.496 e. The van der Waals surface area contributed by atoms with Gasteiger partial charge in [-0.15, -0.1) is 0 Å². The predicted molar refractivity (Wildman–Crippen MR) is 82.8 cm³/mol. The number of methoxy groups -OCH3 is 1. The number of nitrogens with one attached hydrogen (secondary N) is 1. The SMILES string of the molecule is CCOC(=O)NC(=O)COC(=O)Cc1cc(C(C)=O)ccc1OC. The lowest BCUT2D eigenvalue weighted by molar-refractivity contribution is -0.147. The van der Waals surface area contributed by atoms with E-state index in [1.54, 1.807) is 19.1 Å². The van der Waals surface area contributed by atoms with Gasteiger partial charge in [0.15, 0.2) is 12.4 Å². The van der Waals surface area contributed by atoms with Crippen molar-refractivity contribution in [3.05, 3.63) is 29.3 Å². The first-order chi connectivity index (χ1) is 11.4. The Labute approximate surface area is 139 Å². The van der Waals surface area contributed by atoms with Crippen molar-refractivity contribution in [1.29, 1.82) is 0 Å². The van der Waals surface area contributed by atoms with E-state index in [0.717, 1.165) is 0 Å². The van der Waals surface area contributed by atoms with Crippen LogP contribution >= 0.6 is 0 Å². The summed E-state index contributed by atoms with van der Waals surface area (Å²) in [7, 11) is 1.43. The van der Waals surface area contributed by atoms with Gasteiger partial charge in [0.05, 0.1) is 20.1 Å². The molecular weight excluding hydrogens is 318 g/mol. The van der Waals surface area contributed by atoms with Crippen LogP contribution in [0.1, 0.15) is 29.8 Å². The Morgan fingerprint density at radius 1 is 1.12 bits per heavy atom. The van der Waals surface area contributed by atoms with Crippen LogP contribution in [-0.2, 0) is 25.5 Å². The number of Topliss-reactive ketones (excluding diaryl/α,β-unsaturated/α-hetero) is 1. The third-order valence-corrected chi connectivity index (χ3v) is 2.90. The lowest BCUT2D eigenvalue weighted by Crippen LogP contribution is -2.34. The largest absolute Gasteiger partial charge is 0.496 e. The van der Waals surface area contributed by atoms with Crippen molar-refractivity contribution < 1.29 is 33.4 Å². The van der Waals surface area contributed by atoms with Crippen molar-refractivity contribution in [1.82, 2.24) is 5.32 Å². The van der Waals surface area contributed by atoms with E-state index in [9.17, 15) is 19.2 Å². The fourth-order valence-electron chi connectivity index (χ4n) is 1.81. The number of carbonyl (C=O) groups excluding carboxylic acids is 4. The topological polar surface area (TPSA) is 108 Å². The van der Waals surface area contributed by atoms with Crippen molar-refractivity contribution in [3.8, 4) is 5.75 Å². The Morgan fingerprint density at radius 2 is 1.83 bits per heavy atom. The molecule has 0 atom stereocenters. The smallest absolute Gasteiger partial charge is 0.413 e. The van der Waals surface area contributed by atoms with Crippen molar-refractivity contribution in [2.45, 2.75) is 20.3 Å². The summed E-state index contributed by atoms with van der Waals surface area (Å²) in [6, 6.07) is 4.69. The monoisotopic (exact) mass is 337 g/mol. The van der Waals surface area contributed by atoms with E-state index in [1.807, 2.05) is 5.32 Å². The molecule has 24 heavy (non-hydrogen) atoms. The first kappa shape index (κ1) is 19.1. The van der Waals surface area contributed by atoms with Crippen LogP contribution in [0.3, 0.4) is 0 Å². The molecule has 1 aromatic carbocycles. The zero-order valence-corrected chi connectivity index (χ0v) is 13.7. The van der Waals surface area contributed by atoms with Crippen LogP contribution in [0.15, 0.2) is 18.2 Å². The van der Waals surface area contributed by atoms with Crippen molar-refractivity contribution in [2.75, 3.05) is 20.3 Å². The Kier molecular flexibility index (Phi) is 7.41. The maximum Gasteiger partial charge on any atom is 0.413 e. The molecule has 2 amide bonds. The summed E-state index contributed by atoms with van der Waals surface area (Å²) in [5.41, 5.74) is 0.889. The van der Waals surface area contributed by atoms with Gasteiger partial charge in [-0.25, -0.2) is 4.79 Å². The van der Waals surface area contributed by atoms with Crippen LogP contribution in [0.2, 0.25) is 0 Å². The van der Waals surface area contributed by atoms with Gasteiger partial charge in [-0.1, -0.05) is 0 Å². The van der Waals surface area contributed by atoms with Crippen LogP contribution in [0.5, 0.6) is 5.75 Å². The highest BCUT2D eigenvalue weighted by molar-refractivity contribution is 5.95. The van der Waals surface area contributed by atoms with E-state index in [4.69, 9.17) is 9.47 Å². The highest BCUT2D eigenvalue weighted by Crippen LogP contribution is 2.21. The molecule has 0 unspecified atom stereocenters. The number of hydrogen-bond acceptors (Lipinski definition) is 7. The molecule has 0 aliphatic heterocycles. The number of hydrogen-bond donors (Lipinski definition) is 1. The molecule has 0 aromatic heterocycles. The summed E-state index contributed by atoms with van der Waals surface area (Å²) < 4.78 is 14.4. The molecule has 1 rings (SSSR count). The number of benzene rings is 1. The molecule has 0 saturated heterocycles.